The molecule has 106 valence electrons. The van der Waals surface area contributed by atoms with Gasteiger partial charge in [-0.3, -0.25) is 4.79 Å². The maximum absolute atomic E-state index is 13.0. The Morgan fingerprint density at radius 1 is 1.26 bits per heavy atom. The maximum Gasteiger partial charge on any atom is 0.323 e. The van der Waals surface area contributed by atoms with Crippen molar-refractivity contribution in [2.75, 3.05) is 7.11 Å². The molecule has 6 heteroatoms. The van der Waals surface area contributed by atoms with Gasteiger partial charge in [0, 0.05) is 6.54 Å². The summed E-state index contributed by atoms with van der Waals surface area (Å²) in [6, 6.07) is 1.18. The van der Waals surface area contributed by atoms with E-state index in [9.17, 15) is 18.0 Å². The second-order valence-electron chi connectivity index (χ2n) is 4.50. The highest BCUT2D eigenvalue weighted by Gasteiger charge is 2.22. The van der Waals surface area contributed by atoms with Crippen LogP contribution in [0.5, 0.6) is 0 Å². The smallest absolute Gasteiger partial charge is 0.323 e. The third kappa shape index (κ3) is 3.96. The Morgan fingerprint density at radius 2 is 1.79 bits per heavy atom. The Bertz CT molecular complexity index is 440. The zero-order valence-corrected chi connectivity index (χ0v) is 11.0. The average molecular weight is 275 g/mol. The maximum atomic E-state index is 13.0. The van der Waals surface area contributed by atoms with E-state index in [4.69, 9.17) is 0 Å². The molecule has 0 aliphatic carbocycles. The van der Waals surface area contributed by atoms with E-state index in [2.05, 4.69) is 10.1 Å². The molecule has 0 unspecified atom stereocenters. The molecule has 1 aromatic carbocycles. The van der Waals surface area contributed by atoms with Gasteiger partial charge >= 0.3 is 5.97 Å². The number of hydrogen-bond acceptors (Lipinski definition) is 3. The fourth-order valence-electron chi connectivity index (χ4n) is 1.66. The monoisotopic (exact) mass is 275 g/mol. The summed E-state index contributed by atoms with van der Waals surface area (Å²) in [5.41, 5.74) is 0.214. The number of nitrogens with one attached hydrogen (secondary N) is 1. The van der Waals surface area contributed by atoms with Gasteiger partial charge < -0.3 is 10.1 Å². The second-order valence-corrected chi connectivity index (χ2v) is 4.50. The topological polar surface area (TPSA) is 38.3 Å². The third-order valence-electron chi connectivity index (χ3n) is 2.69. The van der Waals surface area contributed by atoms with Crippen LogP contribution in [0.4, 0.5) is 13.2 Å². The van der Waals surface area contributed by atoms with Crippen LogP contribution in [0.1, 0.15) is 19.4 Å². The van der Waals surface area contributed by atoms with Crippen LogP contribution in [0, 0.1) is 23.4 Å². The van der Waals surface area contributed by atoms with Gasteiger partial charge in [-0.1, -0.05) is 13.8 Å². The Balaban J connectivity index is 2.77. The zero-order chi connectivity index (χ0) is 14.6. The van der Waals surface area contributed by atoms with Crippen LogP contribution in [-0.4, -0.2) is 19.1 Å². The number of benzene rings is 1. The van der Waals surface area contributed by atoms with Crippen molar-refractivity contribution in [3.63, 3.8) is 0 Å². The molecular formula is C13H16F3NO2. The number of methoxy groups -OCH3 is 1. The fourth-order valence-corrected chi connectivity index (χ4v) is 1.66. The van der Waals surface area contributed by atoms with Gasteiger partial charge in [0.25, 0.3) is 0 Å². The van der Waals surface area contributed by atoms with Crippen molar-refractivity contribution in [3.8, 4) is 0 Å². The molecule has 0 aliphatic rings. The van der Waals surface area contributed by atoms with Gasteiger partial charge in [0.2, 0.25) is 0 Å². The quantitative estimate of drug-likeness (QED) is 0.662. The molecule has 0 saturated heterocycles. The van der Waals surface area contributed by atoms with Gasteiger partial charge in [0.1, 0.15) is 6.04 Å². The van der Waals surface area contributed by atoms with Gasteiger partial charge in [-0.05, 0) is 23.6 Å². The Morgan fingerprint density at radius 3 is 2.21 bits per heavy atom. The van der Waals surface area contributed by atoms with Crippen LogP contribution < -0.4 is 5.32 Å². The normalized spacial score (nSPS) is 12.6. The number of rotatable bonds is 5. The molecule has 19 heavy (non-hydrogen) atoms. The third-order valence-corrected chi connectivity index (χ3v) is 2.69. The number of carbonyl (C=O) groups is 1. The predicted octanol–water partition coefficient (Wildman–Crippen LogP) is 2.39. The molecule has 0 aliphatic heterocycles. The van der Waals surface area contributed by atoms with E-state index in [1.54, 1.807) is 13.8 Å². The lowest BCUT2D eigenvalue weighted by atomic mass is 10.0. The molecule has 0 spiro atoms. The average Bonchev–Trinajstić information content (AvgIpc) is 2.35. The van der Waals surface area contributed by atoms with E-state index in [0.717, 1.165) is 12.1 Å². The minimum atomic E-state index is -1.50. The van der Waals surface area contributed by atoms with Crippen molar-refractivity contribution < 1.29 is 22.7 Å². The van der Waals surface area contributed by atoms with Crippen LogP contribution >= 0.6 is 0 Å². The summed E-state index contributed by atoms with van der Waals surface area (Å²) in [4.78, 5) is 11.5. The lowest BCUT2D eigenvalue weighted by Gasteiger charge is -2.19. The summed E-state index contributed by atoms with van der Waals surface area (Å²) in [7, 11) is 1.26. The minimum absolute atomic E-state index is 0.0338. The van der Waals surface area contributed by atoms with E-state index in [1.165, 1.54) is 7.11 Å². The molecule has 0 aromatic heterocycles. The first-order chi connectivity index (χ1) is 8.86. The lowest BCUT2D eigenvalue weighted by molar-refractivity contribution is -0.144. The first-order valence-electron chi connectivity index (χ1n) is 5.81. The van der Waals surface area contributed by atoms with Gasteiger partial charge in [-0.15, -0.1) is 0 Å². The highest BCUT2D eigenvalue weighted by Crippen LogP contribution is 2.14. The highest BCUT2D eigenvalue weighted by atomic mass is 19.2. The minimum Gasteiger partial charge on any atom is -0.468 e. The zero-order valence-electron chi connectivity index (χ0n) is 11.0. The molecule has 3 nitrogen and oxygen atoms in total. The summed E-state index contributed by atoms with van der Waals surface area (Å²) in [5, 5.41) is 2.83. The summed E-state index contributed by atoms with van der Waals surface area (Å²) in [6.07, 6.45) is 0. The summed E-state index contributed by atoms with van der Waals surface area (Å²) in [5.74, 6) is -4.52. The van der Waals surface area contributed by atoms with Crippen molar-refractivity contribution in [2.45, 2.75) is 26.4 Å². The van der Waals surface area contributed by atoms with Crippen molar-refractivity contribution in [3.05, 3.63) is 35.1 Å². The molecule has 0 radical (unpaired) electrons. The fraction of sp³-hybridized carbons (Fsp3) is 0.462. The number of hydrogen-bond donors (Lipinski definition) is 1. The van der Waals surface area contributed by atoms with Gasteiger partial charge in [-0.25, -0.2) is 13.2 Å². The van der Waals surface area contributed by atoms with Gasteiger partial charge in [-0.2, -0.15) is 0 Å². The van der Waals surface area contributed by atoms with E-state index in [0.29, 0.717) is 0 Å². The summed E-state index contributed by atoms with van der Waals surface area (Å²) in [6.45, 7) is 3.65. The van der Waals surface area contributed by atoms with Crippen LogP contribution in [0.3, 0.4) is 0 Å². The highest BCUT2D eigenvalue weighted by molar-refractivity contribution is 5.75. The molecule has 0 bridgehead atoms. The molecular weight excluding hydrogens is 259 g/mol. The first kappa shape index (κ1) is 15.5. The van der Waals surface area contributed by atoms with Crippen molar-refractivity contribution >= 4 is 5.97 Å². The first-order valence-corrected chi connectivity index (χ1v) is 5.81. The van der Waals surface area contributed by atoms with Gasteiger partial charge in [0.05, 0.1) is 7.11 Å². The number of halogens is 3. The van der Waals surface area contributed by atoms with Crippen molar-refractivity contribution in [2.24, 2.45) is 5.92 Å². The Kier molecular flexibility index (Phi) is 5.35. The molecule has 0 fully saturated rings. The van der Waals surface area contributed by atoms with E-state index in [1.807, 2.05) is 0 Å². The van der Waals surface area contributed by atoms with E-state index in [-0.39, 0.29) is 18.0 Å². The summed E-state index contributed by atoms with van der Waals surface area (Å²) < 4.78 is 43.4. The molecule has 1 rings (SSSR count). The standard InChI is InChI=1S/C13H16F3NO2/c1-7(2)12(13(18)19-3)17-6-8-4-9(14)11(16)10(15)5-8/h4-5,7,12,17H,6H2,1-3H3/t12-/m0/s1. The molecule has 0 saturated carbocycles. The van der Waals surface area contributed by atoms with Gasteiger partial charge in [0.15, 0.2) is 17.5 Å². The van der Waals surface area contributed by atoms with Crippen molar-refractivity contribution in [1.82, 2.24) is 5.32 Å². The molecule has 0 amide bonds. The van der Waals surface area contributed by atoms with Crippen LogP contribution in [0.25, 0.3) is 0 Å². The molecule has 1 aromatic rings. The predicted molar refractivity (Wildman–Crippen MR) is 63.8 cm³/mol. The van der Waals surface area contributed by atoms with Crippen LogP contribution in [0.2, 0.25) is 0 Å². The largest absolute Gasteiger partial charge is 0.468 e. The SMILES string of the molecule is COC(=O)[C@@H](NCc1cc(F)c(F)c(F)c1)C(C)C. The lowest BCUT2D eigenvalue weighted by Crippen LogP contribution is -2.41. The van der Waals surface area contributed by atoms with E-state index >= 15 is 0 Å². The molecule has 1 atom stereocenters. The molecule has 1 N–H and O–H groups in total. The van der Waals surface area contributed by atoms with Crippen molar-refractivity contribution in [1.29, 1.82) is 0 Å². The number of esters is 1. The number of carbonyl (C=O) groups excluding carboxylic acids is 1. The Hall–Kier alpha value is -1.56. The summed E-state index contributed by atoms with van der Waals surface area (Å²) >= 11 is 0. The number of ether oxygens (including phenoxy) is 1. The van der Waals surface area contributed by atoms with E-state index < -0.39 is 29.5 Å². The molecule has 0 heterocycles. The second kappa shape index (κ2) is 6.56. The van der Waals surface area contributed by atoms with Crippen LogP contribution in [-0.2, 0) is 16.1 Å². The van der Waals surface area contributed by atoms with Crippen LogP contribution in [0.15, 0.2) is 12.1 Å². The Labute approximate surface area is 109 Å².